The SMILES string of the molecule is CC(C)c1cc(C(=O)O)cc(NC2CCNCC2)n1. The summed E-state index contributed by atoms with van der Waals surface area (Å²) in [6, 6.07) is 3.65. The van der Waals surface area contributed by atoms with Gasteiger partial charge in [0.25, 0.3) is 0 Å². The van der Waals surface area contributed by atoms with Crippen LogP contribution in [0.15, 0.2) is 12.1 Å². The zero-order valence-corrected chi connectivity index (χ0v) is 11.4. The van der Waals surface area contributed by atoms with Crippen LogP contribution in [0.25, 0.3) is 0 Å². The Kier molecular flexibility index (Phi) is 4.37. The van der Waals surface area contributed by atoms with Crippen molar-refractivity contribution in [3.8, 4) is 0 Å². The lowest BCUT2D eigenvalue weighted by Crippen LogP contribution is -2.35. The third kappa shape index (κ3) is 3.67. The lowest BCUT2D eigenvalue weighted by molar-refractivity contribution is 0.0696. The first-order valence-electron chi connectivity index (χ1n) is 6.79. The third-order valence-electron chi connectivity index (χ3n) is 3.37. The number of nitrogens with zero attached hydrogens (tertiary/aromatic N) is 1. The van der Waals surface area contributed by atoms with Crippen molar-refractivity contribution in [1.29, 1.82) is 0 Å². The van der Waals surface area contributed by atoms with Gasteiger partial charge in [0, 0.05) is 11.7 Å². The Labute approximate surface area is 113 Å². The van der Waals surface area contributed by atoms with Crippen molar-refractivity contribution in [3.63, 3.8) is 0 Å². The molecule has 0 spiro atoms. The molecule has 1 aliphatic heterocycles. The molecule has 0 bridgehead atoms. The molecule has 1 aromatic rings. The fourth-order valence-electron chi connectivity index (χ4n) is 2.22. The third-order valence-corrected chi connectivity index (χ3v) is 3.37. The van der Waals surface area contributed by atoms with Crippen LogP contribution in [-0.4, -0.2) is 35.2 Å². The minimum atomic E-state index is -0.905. The van der Waals surface area contributed by atoms with E-state index in [1.165, 1.54) is 0 Å². The molecule has 2 heterocycles. The molecule has 5 heteroatoms. The van der Waals surface area contributed by atoms with Crippen LogP contribution < -0.4 is 10.6 Å². The van der Waals surface area contributed by atoms with Gasteiger partial charge in [0.1, 0.15) is 5.82 Å². The number of carboxylic acids is 1. The number of hydrogen-bond donors (Lipinski definition) is 3. The Hall–Kier alpha value is -1.62. The van der Waals surface area contributed by atoms with Gasteiger partial charge in [-0.1, -0.05) is 13.8 Å². The molecular formula is C14H21N3O2. The highest BCUT2D eigenvalue weighted by Gasteiger charge is 2.15. The highest BCUT2D eigenvalue weighted by atomic mass is 16.4. The van der Waals surface area contributed by atoms with Gasteiger partial charge >= 0.3 is 5.97 Å². The van der Waals surface area contributed by atoms with Gasteiger partial charge < -0.3 is 15.7 Å². The fourth-order valence-corrected chi connectivity index (χ4v) is 2.22. The Morgan fingerprint density at radius 2 is 2.11 bits per heavy atom. The number of nitrogens with one attached hydrogen (secondary N) is 2. The standard InChI is InChI=1S/C14H21N3O2/c1-9(2)12-7-10(14(18)19)8-13(17-12)16-11-3-5-15-6-4-11/h7-9,11,15H,3-6H2,1-2H3,(H,16,17)(H,18,19). The summed E-state index contributed by atoms with van der Waals surface area (Å²) < 4.78 is 0. The van der Waals surface area contributed by atoms with Crippen molar-refractivity contribution < 1.29 is 9.90 Å². The summed E-state index contributed by atoms with van der Waals surface area (Å²) in [7, 11) is 0. The molecule has 5 nitrogen and oxygen atoms in total. The van der Waals surface area contributed by atoms with Crippen LogP contribution in [-0.2, 0) is 0 Å². The van der Waals surface area contributed by atoms with Gasteiger partial charge in [0.2, 0.25) is 0 Å². The quantitative estimate of drug-likeness (QED) is 0.775. The molecule has 19 heavy (non-hydrogen) atoms. The van der Waals surface area contributed by atoms with Crippen molar-refractivity contribution in [2.24, 2.45) is 0 Å². The van der Waals surface area contributed by atoms with E-state index in [9.17, 15) is 4.79 Å². The van der Waals surface area contributed by atoms with Crippen LogP contribution in [0.5, 0.6) is 0 Å². The monoisotopic (exact) mass is 263 g/mol. The van der Waals surface area contributed by atoms with Crippen LogP contribution in [0, 0.1) is 0 Å². The number of piperidine rings is 1. The van der Waals surface area contributed by atoms with Crippen LogP contribution in [0.4, 0.5) is 5.82 Å². The first-order chi connectivity index (χ1) is 9.06. The molecule has 2 rings (SSSR count). The summed E-state index contributed by atoms with van der Waals surface area (Å²) in [6.07, 6.45) is 2.08. The molecule has 3 N–H and O–H groups in total. The van der Waals surface area contributed by atoms with Gasteiger partial charge in [-0.3, -0.25) is 0 Å². The van der Waals surface area contributed by atoms with E-state index in [4.69, 9.17) is 5.11 Å². The minimum absolute atomic E-state index is 0.216. The second-order valence-electron chi connectivity index (χ2n) is 5.29. The largest absolute Gasteiger partial charge is 0.478 e. The molecule has 0 atom stereocenters. The van der Waals surface area contributed by atoms with Gasteiger partial charge in [-0.05, 0) is 44.0 Å². The number of aromatic nitrogens is 1. The molecule has 0 aliphatic carbocycles. The number of anilines is 1. The summed E-state index contributed by atoms with van der Waals surface area (Å²) in [5, 5.41) is 15.8. The van der Waals surface area contributed by atoms with Crippen LogP contribution in [0.3, 0.4) is 0 Å². The Morgan fingerprint density at radius 1 is 1.42 bits per heavy atom. The summed E-state index contributed by atoms with van der Waals surface area (Å²) in [5.41, 5.74) is 1.12. The lowest BCUT2D eigenvalue weighted by atomic mass is 10.1. The maximum atomic E-state index is 11.2. The molecule has 1 saturated heterocycles. The van der Waals surface area contributed by atoms with Crippen molar-refractivity contribution >= 4 is 11.8 Å². The van der Waals surface area contributed by atoms with Gasteiger partial charge in [-0.25, -0.2) is 9.78 Å². The lowest BCUT2D eigenvalue weighted by Gasteiger charge is -2.24. The molecule has 0 unspecified atom stereocenters. The Bertz CT molecular complexity index is 454. The van der Waals surface area contributed by atoms with Gasteiger partial charge in [-0.15, -0.1) is 0 Å². The maximum absolute atomic E-state index is 11.2. The second-order valence-corrected chi connectivity index (χ2v) is 5.29. The molecule has 104 valence electrons. The van der Waals surface area contributed by atoms with E-state index in [0.717, 1.165) is 31.6 Å². The summed E-state index contributed by atoms with van der Waals surface area (Å²) in [6.45, 7) is 6.02. The first-order valence-corrected chi connectivity index (χ1v) is 6.79. The van der Waals surface area contributed by atoms with Crippen molar-refractivity contribution in [1.82, 2.24) is 10.3 Å². The summed E-state index contributed by atoms with van der Waals surface area (Å²) in [5.74, 6) is -0.0129. The van der Waals surface area contributed by atoms with Gasteiger partial charge in [0.15, 0.2) is 0 Å². The molecule has 1 aliphatic rings. The minimum Gasteiger partial charge on any atom is -0.478 e. The number of carboxylic acid groups (broad SMARTS) is 1. The van der Waals surface area contributed by atoms with E-state index in [1.807, 2.05) is 13.8 Å². The van der Waals surface area contributed by atoms with Crippen LogP contribution in [0.1, 0.15) is 48.7 Å². The number of carbonyl (C=O) groups is 1. The Morgan fingerprint density at radius 3 is 2.68 bits per heavy atom. The summed E-state index contributed by atoms with van der Waals surface area (Å²) >= 11 is 0. The number of rotatable bonds is 4. The van der Waals surface area contributed by atoms with Crippen LogP contribution >= 0.6 is 0 Å². The average molecular weight is 263 g/mol. The van der Waals surface area contributed by atoms with Crippen LogP contribution in [0.2, 0.25) is 0 Å². The van der Waals surface area contributed by atoms with Gasteiger partial charge in [-0.2, -0.15) is 0 Å². The molecule has 0 amide bonds. The van der Waals surface area contributed by atoms with E-state index in [2.05, 4.69) is 15.6 Å². The predicted molar refractivity (Wildman–Crippen MR) is 74.8 cm³/mol. The van der Waals surface area contributed by atoms with Crippen molar-refractivity contribution in [2.45, 2.75) is 38.6 Å². The predicted octanol–water partition coefficient (Wildman–Crippen LogP) is 2.07. The number of pyridine rings is 1. The zero-order chi connectivity index (χ0) is 13.8. The van der Waals surface area contributed by atoms with E-state index >= 15 is 0 Å². The molecular weight excluding hydrogens is 242 g/mol. The molecule has 0 saturated carbocycles. The smallest absolute Gasteiger partial charge is 0.335 e. The number of hydrogen-bond acceptors (Lipinski definition) is 4. The van der Waals surface area contributed by atoms with E-state index < -0.39 is 5.97 Å². The van der Waals surface area contributed by atoms with Crippen molar-refractivity contribution in [3.05, 3.63) is 23.4 Å². The van der Waals surface area contributed by atoms with E-state index in [-0.39, 0.29) is 5.92 Å². The van der Waals surface area contributed by atoms with Gasteiger partial charge in [0.05, 0.1) is 5.56 Å². The van der Waals surface area contributed by atoms with E-state index in [0.29, 0.717) is 17.4 Å². The normalized spacial score (nSPS) is 16.6. The topological polar surface area (TPSA) is 74.2 Å². The fraction of sp³-hybridized carbons (Fsp3) is 0.571. The highest BCUT2D eigenvalue weighted by molar-refractivity contribution is 5.88. The molecule has 0 aromatic carbocycles. The molecule has 1 aromatic heterocycles. The Balaban J connectivity index is 2.20. The second kappa shape index (κ2) is 6.02. The zero-order valence-electron chi connectivity index (χ0n) is 11.4. The molecule has 1 fully saturated rings. The maximum Gasteiger partial charge on any atom is 0.335 e. The summed E-state index contributed by atoms with van der Waals surface area (Å²) in [4.78, 5) is 15.7. The first kappa shape index (κ1) is 13.8. The van der Waals surface area contributed by atoms with E-state index in [1.54, 1.807) is 12.1 Å². The molecule has 0 radical (unpaired) electrons. The van der Waals surface area contributed by atoms with Crippen molar-refractivity contribution in [2.75, 3.05) is 18.4 Å². The number of aromatic carboxylic acids is 1. The highest BCUT2D eigenvalue weighted by Crippen LogP contribution is 2.19. The average Bonchev–Trinajstić information content (AvgIpc) is 2.39.